The molecule has 0 unspecified atom stereocenters. The predicted octanol–water partition coefficient (Wildman–Crippen LogP) is 1.67. The summed E-state index contributed by atoms with van der Waals surface area (Å²) >= 11 is 0. The van der Waals surface area contributed by atoms with Crippen LogP contribution in [0.4, 0.5) is 10.5 Å². The second-order valence-corrected chi connectivity index (χ2v) is 3.39. The maximum atomic E-state index is 11.3. The van der Waals surface area contributed by atoms with Crippen LogP contribution in [0, 0.1) is 10.1 Å². The molecule has 102 valence electrons. The molecule has 0 aromatic heterocycles. The minimum Gasteiger partial charge on any atom is -0.466 e. The van der Waals surface area contributed by atoms with Crippen molar-refractivity contribution in [1.29, 1.82) is 0 Å². The molecule has 0 saturated heterocycles. The highest BCUT2D eigenvalue weighted by Gasteiger charge is 2.19. The molecule has 19 heavy (non-hydrogen) atoms. The fourth-order valence-electron chi connectivity index (χ4n) is 1.11. The second kappa shape index (κ2) is 6.34. The average Bonchev–Trinajstić information content (AvgIpc) is 2.38. The standard InChI is InChI=1S/C11H11NO7/c1-7(10(13)17-2)18-11(14)19-9-5-3-8(4-6-9)12(15)16/h3-7H,1-2H3/t7-/m0/s1. The lowest BCUT2D eigenvalue weighted by molar-refractivity contribution is -0.384. The lowest BCUT2D eigenvalue weighted by Gasteiger charge is -2.10. The van der Waals surface area contributed by atoms with Gasteiger partial charge in [0.05, 0.1) is 12.0 Å². The first-order valence-electron chi connectivity index (χ1n) is 5.14. The average molecular weight is 269 g/mol. The number of esters is 1. The number of benzene rings is 1. The van der Waals surface area contributed by atoms with E-state index in [0.29, 0.717) is 0 Å². The molecule has 0 aliphatic rings. The Balaban J connectivity index is 2.57. The van der Waals surface area contributed by atoms with E-state index in [9.17, 15) is 19.7 Å². The molecule has 0 saturated carbocycles. The van der Waals surface area contributed by atoms with Gasteiger partial charge in [-0.15, -0.1) is 0 Å². The summed E-state index contributed by atoms with van der Waals surface area (Å²) in [7, 11) is 1.16. The molecule has 1 atom stereocenters. The van der Waals surface area contributed by atoms with Gasteiger partial charge in [0, 0.05) is 12.1 Å². The Morgan fingerprint density at radius 2 is 1.84 bits per heavy atom. The van der Waals surface area contributed by atoms with Crippen LogP contribution in [-0.4, -0.2) is 30.3 Å². The van der Waals surface area contributed by atoms with Crippen LogP contribution >= 0.6 is 0 Å². The smallest absolute Gasteiger partial charge is 0.466 e. The number of nitro benzene ring substituents is 1. The minimum atomic E-state index is -1.10. The maximum absolute atomic E-state index is 11.3. The van der Waals surface area contributed by atoms with Crippen LogP contribution < -0.4 is 4.74 Å². The summed E-state index contributed by atoms with van der Waals surface area (Å²) in [6, 6.07) is 4.82. The first kappa shape index (κ1) is 14.4. The summed E-state index contributed by atoms with van der Waals surface area (Å²) in [5.74, 6) is -0.659. The fourth-order valence-corrected chi connectivity index (χ4v) is 1.11. The summed E-state index contributed by atoms with van der Waals surface area (Å²) in [6.45, 7) is 1.32. The first-order valence-corrected chi connectivity index (χ1v) is 5.14. The van der Waals surface area contributed by atoms with Gasteiger partial charge in [-0.25, -0.2) is 9.59 Å². The van der Waals surface area contributed by atoms with Crippen molar-refractivity contribution in [2.75, 3.05) is 7.11 Å². The van der Waals surface area contributed by atoms with E-state index in [1.165, 1.54) is 31.2 Å². The van der Waals surface area contributed by atoms with Crippen LogP contribution in [0.1, 0.15) is 6.92 Å². The number of methoxy groups -OCH3 is 1. The van der Waals surface area contributed by atoms with Gasteiger partial charge >= 0.3 is 12.1 Å². The van der Waals surface area contributed by atoms with Crippen LogP contribution in [0.3, 0.4) is 0 Å². The number of hydrogen-bond donors (Lipinski definition) is 0. The van der Waals surface area contributed by atoms with E-state index < -0.39 is 23.2 Å². The van der Waals surface area contributed by atoms with E-state index >= 15 is 0 Å². The van der Waals surface area contributed by atoms with E-state index in [-0.39, 0.29) is 11.4 Å². The van der Waals surface area contributed by atoms with Crippen LogP contribution in [-0.2, 0) is 14.3 Å². The van der Waals surface area contributed by atoms with Crippen molar-refractivity contribution >= 4 is 17.8 Å². The van der Waals surface area contributed by atoms with Crippen molar-refractivity contribution in [2.45, 2.75) is 13.0 Å². The maximum Gasteiger partial charge on any atom is 0.514 e. The molecule has 0 fully saturated rings. The molecular weight excluding hydrogens is 258 g/mol. The molecule has 1 aromatic carbocycles. The number of hydrogen-bond acceptors (Lipinski definition) is 7. The quantitative estimate of drug-likeness (QED) is 0.354. The second-order valence-electron chi connectivity index (χ2n) is 3.39. The monoisotopic (exact) mass is 269 g/mol. The summed E-state index contributed by atoms with van der Waals surface area (Å²) in [4.78, 5) is 32.1. The van der Waals surface area contributed by atoms with E-state index in [4.69, 9.17) is 4.74 Å². The number of carbonyl (C=O) groups is 2. The van der Waals surface area contributed by atoms with Crippen LogP contribution in [0.25, 0.3) is 0 Å². The van der Waals surface area contributed by atoms with Gasteiger partial charge in [0.1, 0.15) is 5.75 Å². The van der Waals surface area contributed by atoms with Gasteiger partial charge in [-0.3, -0.25) is 10.1 Å². The van der Waals surface area contributed by atoms with Gasteiger partial charge in [0.15, 0.2) is 6.10 Å². The van der Waals surface area contributed by atoms with Crippen molar-refractivity contribution in [1.82, 2.24) is 0 Å². The molecule has 0 bridgehead atoms. The first-order chi connectivity index (χ1) is 8.93. The highest BCUT2D eigenvalue weighted by Crippen LogP contribution is 2.17. The lowest BCUT2D eigenvalue weighted by atomic mass is 10.3. The SMILES string of the molecule is COC(=O)[C@H](C)OC(=O)Oc1ccc([N+](=O)[O-])cc1. The zero-order chi connectivity index (χ0) is 14.4. The van der Waals surface area contributed by atoms with E-state index in [1.807, 2.05) is 0 Å². The topological polar surface area (TPSA) is 105 Å². The summed E-state index contributed by atoms with van der Waals surface area (Å²) in [5, 5.41) is 10.4. The molecule has 8 heteroatoms. The molecule has 0 amide bonds. The zero-order valence-electron chi connectivity index (χ0n) is 10.2. The highest BCUT2D eigenvalue weighted by atomic mass is 16.7. The van der Waals surface area contributed by atoms with E-state index in [1.54, 1.807) is 0 Å². The van der Waals surface area contributed by atoms with Gasteiger partial charge in [-0.1, -0.05) is 0 Å². The normalized spacial score (nSPS) is 11.3. The fraction of sp³-hybridized carbons (Fsp3) is 0.273. The third-order valence-corrected chi connectivity index (χ3v) is 2.05. The Labute approximate surface area is 108 Å². The lowest BCUT2D eigenvalue weighted by Crippen LogP contribution is -2.26. The van der Waals surface area contributed by atoms with Gasteiger partial charge in [-0.05, 0) is 19.1 Å². The molecule has 1 rings (SSSR count). The van der Waals surface area contributed by atoms with Crippen LogP contribution in [0.5, 0.6) is 5.75 Å². The molecule has 8 nitrogen and oxygen atoms in total. The van der Waals surface area contributed by atoms with Crippen molar-refractivity contribution in [3.05, 3.63) is 34.4 Å². The Bertz CT molecular complexity index is 482. The third-order valence-electron chi connectivity index (χ3n) is 2.05. The molecule has 0 aliphatic heterocycles. The molecule has 0 spiro atoms. The van der Waals surface area contributed by atoms with E-state index in [0.717, 1.165) is 7.11 Å². The number of rotatable bonds is 4. The highest BCUT2D eigenvalue weighted by molar-refractivity contribution is 5.77. The van der Waals surface area contributed by atoms with E-state index in [2.05, 4.69) is 9.47 Å². The largest absolute Gasteiger partial charge is 0.514 e. The Hall–Kier alpha value is -2.64. The van der Waals surface area contributed by atoms with Crippen molar-refractivity contribution in [3.63, 3.8) is 0 Å². The number of nitrogens with zero attached hydrogens (tertiary/aromatic N) is 1. The summed E-state index contributed by atoms with van der Waals surface area (Å²) < 4.78 is 13.7. The number of carbonyl (C=O) groups excluding carboxylic acids is 2. The molecule has 0 N–H and O–H groups in total. The van der Waals surface area contributed by atoms with Gasteiger partial charge < -0.3 is 14.2 Å². The van der Waals surface area contributed by atoms with Crippen molar-refractivity contribution in [3.8, 4) is 5.75 Å². The Morgan fingerprint density at radius 1 is 1.26 bits per heavy atom. The zero-order valence-corrected chi connectivity index (χ0v) is 10.2. The molecular formula is C11H11NO7. The van der Waals surface area contributed by atoms with Crippen molar-refractivity contribution < 1.29 is 28.7 Å². The van der Waals surface area contributed by atoms with Gasteiger partial charge in [-0.2, -0.15) is 0 Å². The van der Waals surface area contributed by atoms with Gasteiger partial charge in [0.2, 0.25) is 0 Å². The van der Waals surface area contributed by atoms with Crippen molar-refractivity contribution in [2.24, 2.45) is 0 Å². The minimum absolute atomic E-state index is 0.0627. The molecule has 0 heterocycles. The number of ether oxygens (including phenoxy) is 3. The van der Waals surface area contributed by atoms with Crippen LogP contribution in [0.2, 0.25) is 0 Å². The Morgan fingerprint density at radius 3 is 2.32 bits per heavy atom. The third kappa shape index (κ3) is 4.26. The van der Waals surface area contributed by atoms with Gasteiger partial charge in [0.25, 0.3) is 5.69 Å². The molecule has 0 aliphatic carbocycles. The molecule has 0 radical (unpaired) electrons. The Kier molecular flexibility index (Phi) is 4.81. The molecule has 1 aromatic rings. The summed E-state index contributed by atoms with van der Waals surface area (Å²) in [5.41, 5.74) is -0.136. The number of nitro groups is 1. The predicted molar refractivity (Wildman–Crippen MR) is 61.7 cm³/mol. The number of non-ortho nitro benzene ring substituents is 1. The summed E-state index contributed by atoms with van der Waals surface area (Å²) in [6.07, 6.45) is -2.21. The van der Waals surface area contributed by atoms with Crippen LogP contribution in [0.15, 0.2) is 24.3 Å².